The van der Waals surface area contributed by atoms with Gasteiger partial charge in [0.05, 0.1) is 0 Å². The number of pyridine rings is 1. The molecule has 0 unspecified atom stereocenters. The molecular formula is C28H21N3O2. The molecule has 0 aliphatic rings. The van der Waals surface area contributed by atoms with Gasteiger partial charge in [0.2, 0.25) is 0 Å². The van der Waals surface area contributed by atoms with Crippen molar-refractivity contribution >= 4 is 27.4 Å². The monoisotopic (exact) mass is 431 g/mol. The van der Waals surface area contributed by atoms with Gasteiger partial charge in [-0.2, -0.15) is 0 Å². The van der Waals surface area contributed by atoms with E-state index in [0.29, 0.717) is 27.8 Å². The zero-order valence-corrected chi connectivity index (χ0v) is 18.3. The molecule has 2 heterocycles. The van der Waals surface area contributed by atoms with E-state index in [2.05, 4.69) is 22.0 Å². The second-order valence-electron chi connectivity index (χ2n) is 7.91. The first-order chi connectivity index (χ1) is 16.1. The second-order valence-corrected chi connectivity index (χ2v) is 7.91. The van der Waals surface area contributed by atoms with E-state index >= 15 is 0 Å². The summed E-state index contributed by atoms with van der Waals surface area (Å²) in [7, 11) is 4.02. The van der Waals surface area contributed by atoms with Crippen LogP contribution in [0.5, 0.6) is 0 Å². The maximum atomic E-state index is 9.59. The fraction of sp³-hybridized carbons (Fsp3) is 0.0714. The zero-order chi connectivity index (χ0) is 22.8. The van der Waals surface area contributed by atoms with E-state index in [9.17, 15) is 5.21 Å². The van der Waals surface area contributed by atoms with Crippen molar-refractivity contribution < 1.29 is 9.62 Å². The van der Waals surface area contributed by atoms with Crippen LogP contribution < -0.4 is 10.3 Å². The number of rotatable bonds is 2. The first-order valence-electron chi connectivity index (χ1n) is 10.5. The number of fused-ring (bicyclic) bond motifs is 2. The molecule has 0 bridgehead atoms. The molecule has 5 heteroatoms. The minimum atomic E-state index is 0.417. The van der Waals surface area contributed by atoms with Crippen LogP contribution in [-0.2, 0) is 0 Å². The van der Waals surface area contributed by atoms with Gasteiger partial charge in [0.1, 0.15) is 16.6 Å². The first-order valence-corrected chi connectivity index (χ1v) is 10.5. The van der Waals surface area contributed by atoms with Crippen LogP contribution in [0, 0.1) is 11.8 Å². The van der Waals surface area contributed by atoms with Crippen LogP contribution in [0.1, 0.15) is 11.1 Å². The number of nitrogens with zero attached hydrogens (tertiary/aromatic N) is 3. The Morgan fingerprint density at radius 1 is 0.848 bits per heavy atom. The molecule has 0 fully saturated rings. The number of anilines is 1. The van der Waals surface area contributed by atoms with Gasteiger partial charge in [-0.1, -0.05) is 41.3 Å². The molecule has 5 rings (SSSR count). The number of hydrogen-bond acceptors (Lipinski definition) is 5. The van der Waals surface area contributed by atoms with Gasteiger partial charge in [-0.3, -0.25) is 4.98 Å². The zero-order valence-electron chi connectivity index (χ0n) is 18.3. The molecule has 0 aliphatic carbocycles. The van der Waals surface area contributed by atoms with Gasteiger partial charge in [-0.25, -0.2) is 0 Å². The minimum Gasteiger partial charge on any atom is -0.454 e. The summed E-state index contributed by atoms with van der Waals surface area (Å²) in [5, 5.41) is 16.3. The normalized spacial score (nSPS) is 11.4. The Bertz CT molecular complexity index is 1600. The molecular weight excluding hydrogens is 410 g/mol. The Balaban J connectivity index is 1.56. The summed E-state index contributed by atoms with van der Waals surface area (Å²) < 4.78 is 6.17. The lowest BCUT2D eigenvalue weighted by atomic mass is 10.1. The lowest BCUT2D eigenvalue weighted by Gasteiger charge is -2.11. The molecule has 5 aromatic rings. The van der Waals surface area contributed by atoms with Gasteiger partial charge in [0.15, 0.2) is 5.76 Å². The average molecular weight is 431 g/mol. The molecule has 160 valence electrons. The Kier molecular flexibility index (Phi) is 5.26. The quantitative estimate of drug-likeness (QED) is 0.231. The molecule has 0 atom stereocenters. The average Bonchev–Trinajstić information content (AvgIpc) is 2.86. The van der Waals surface area contributed by atoms with Crippen LogP contribution in [0.25, 0.3) is 33.2 Å². The largest absolute Gasteiger partial charge is 0.454 e. The predicted molar refractivity (Wildman–Crippen MR) is 131 cm³/mol. The van der Waals surface area contributed by atoms with Gasteiger partial charge in [0.25, 0.3) is 0 Å². The lowest BCUT2D eigenvalue weighted by molar-refractivity contribution is 0.302. The fourth-order valence-corrected chi connectivity index (χ4v) is 3.66. The van der Waals surface area contributed by atoms with E-state index in [4.69, 9.17) is 4.42 Å². The molecule has 3 aromatic carbocycles. The summed E-state index contributed by atoms with van der Waals surface area (Å²) in [6.45, 7) is 0. The SMILES string of the molecule is CN(C)c1ccc(C#Cc2ccc3/c(=N/O)cc(-c4cc5ccccc5cn4)oc3c2)cc1. The molecule has 5 nitrogen and oxygen atoms in total. The van der Waals surface area contributed by atoms with Crippen LogP contribution in [0.3, 0.4) is 0 Å². The second kappa shape index (κ2) is 8.52. The van der Waals surface area contributed by atoms with Gasteiger partial charge in [-0.05, 0) is 53.9 Å². The third-order valence-electron chi connectivity index (χ3n) is 5.47. The van der Waals surface area contributed by atoms with Crippen molar-refractivity contribution in [1.82, 2.24) is 4.98 Å². The molecule has 0 radical (unpaired) electrons. The van der Waals surface area contributed by atoms with Gasteiger partial charge in [-0.15, -0.1) is 0 Å². The summed E-state index contributed by atoms with van der Waals surface area (Å²) in [5.74, 6) is 6.90. The van der Waals surface area contributed by atoms with E-state index in [-0.39, 0.29) is 0 Å². The topological polar surface area (TPSA) is 61.9 Å². The highest BCUT2D eigenvalue weighted by molar-refractivity contribution is 5.85. The van der Waals surface area contributed by atoms with Crippen molar-refractivity contribution in [2.75, 3.05) is 19.0 Å². The Morgan fingerprint density at radius 2 is 1.58 bits per heavy atom. The Morgan fingerprint density at radius 3 is 2.33 bits per heavy atom. The maximum absolute atomic E-state index is 9.59. The van der Waals surface area contributed by atoms with Crippen LogP contribution in [0.2, 0.25) is 0 Å². The lowest BCUT2D eigenvalue weighted by Crippen LogP contribution is -2.07. The van der Waals surface area contributed by atoms with Crippen molar-refractivity contribution in [1.29, 1.82) is 0 Å². The van der Waals surface area contributed by atoms with Gasteiger partial charge < -0.3 is 14.5 Å². The number of aromatic nitrogens is 1. The Hall–Kier alpha value is -4.56. The van der Waals surface area contributed by atoms with Crippen molar-refractivity contribution in [3.63, 3.8) is 0 Å². The van der Waals surface area contributed by atoms with Crippen LogP contribution >= 0.6 is 0 Å². The molecule has 0 saturated carbocycles. The van der Waals surface area contributed by atoms with E-state index in [1.54, 1.807) is 6.07 Å². The van der Waals surface area contributed by atoms with E-state index in [0.717, 1.165) is 27.6 Å². The summed E-state index contributed by atoms with van der Waals surface area (Å²) in [5.41, 5.74) is 4.09. The standard InChI is InChI=1S/C28H21N3O2/c1-31(2)23-12-9-19(10-13-23)7-8-20-11-14-24-25(30-32)17-28(33-27(24)15-20)26-16-21-5-3-4-6-22(21)18-29-26/h3-6,9-18,32H,1-2H3/b30-25+. The fourth-order valence-electron chi connectivity index (χ4n) is 3.66. The van der Waals surface area contributed by atoms with E-state index < -0.39 is 0 Å². The molecule has 0 aliphatic heterocycles. The Labute approximate surface area is 191 Å². The number of hydrogen-bond donors (Lipinski definition) is 1. The summed E-state index contributed by atoms with van der Waals surface area (Å²) in [4.78, 5) is 6.58. The predicted octanol–water partition coefficient (Wildman–Crippen LogP) is 5.40. The summed E-state index contributed by atoms with van der Waals surface area (Å²) in [6.07, 6.45) is 1.81. The van der Waals surface area contributed by atoms with Crippen molar-refractivity contribution in [3.8, 4) is 23.3 Å². The third-order valence-corrected chi connectivity index (χ3v) is 5.47. The molecule has 1 N–H and O–H groups in total. The highest BCUT2D eigenvalue weighted by Gasteiger charge is 2.09. The van der Waals surface area contributed by atoms with Crippen molar-refractivity contribution in [2.24, 2.45) is 5.16 Å². The third kappa shape index (κ3) is 4.15. The van der Waals surface area contributed by atoms with Gasteiger partial charge in [0, 0.05) is 53.9 Å². The molecule has 0 saturated heterocycles. The summed E-state index contributed by atoms with van der Waals surface area (Å²) in [6, 6.07) is 25.3. The first kappa shape index (κ1) is 20.3. The van der Waals surface area contributed by atoms with E-state index in [1.165, 1.54) is 0 Å². The molecule has 0 amide bonds. The van der Waals surface area contributed by atoms with Gasteiger partial charge >= 0.3 is 0 Å². The van der Waals surface area contributed by atoms with Crippen molar-refractivity contribution in [2.45, 2.75) is 0 Å². The molecule has 0 spiro atoms. The van der Waals surface area contributed by atoms with Crippen LogP contribution in [0.4, 0.5) is 5.69 Å². The van der Waals surface area contributed by atoms with E-state index in [1.807, 2.05) is 98.0 Å². The van der Waals surface area contributed by atoms with Crippen LogP contribution in [0.15, 0.2) is 94.6 Å². The minimum absolute atomic E-state index is 0.417. The summed E-state index contributed by atoms with van der Waals surface area (Å²) >= 11 is 0. The number of benzene rings is 3. The van der Waals surface area contributed by atoms with Crippen LogP contribution in [-0.4, -0.2) is 24.3 Å². The molecule has 2 aromatic heterocycles. The van der Waals surface area contributed by atoms with Crippen molar-refractivity contribution in [3.05, 3.63) is 102 Å². The highest BCUT2D eigenvalue weighted by atomic mass is 16.4. The smallest absolute Gasteiger partial charge is 0.155 e. The highest BCUT2D eigenvalue weighted by Crippen LogP contribution is 2.24. The maximum Gasteiger partial charge on any atom is 0.155 e. The molecule has 33 heavy (non-hydrogen) atoms.